The van der Waals surface area contributed by atoms with Gasteiger partial charge in [0.15, 0.2) is 0 Å². The van der Waals surface area contributed by atoms with E-state index in [0.717, 1.165) is 61.7 Å². The quantitative estimate of drug-likeness (QED) is 0.734. The Morgan fingerprint density at radius 3 is 2.66 bits per heavy atom. The molecule has 150 valence electrons. The monoisotopic (exact) mass is 390 g/mol. The van der Waals surface area contributed by atoms with E-state index >= 15 is 0 Å². The van der Waals surface area contributed by atoms with Crippen LogP contribution in [0.1, 0.15) is 12.8 Å². The number of fused-ring (bicyclic) bond motifs is 1. The van der Waals surface area contributed by atoms with Gasteiger partial charge in [-0.3, -0.25) is 9.88 Å². The smallest absolute Gasteiger partial charge is 0.229 e. The molecule has 0 unspecified atom stereocenters. The van der Waals surface area contributed by atoms with E-state index in [2.05, 4.69) is 37.2 Å². The van der Waals surface area contributed by atoms with Crippen molar-refractivity contribution in [1.82, 2.24) is 19.9 Å². The number of pyridine rings is 1. The molecule has 4 heterocycles. The number of hydrogen-bond donors (Lipinski definition) is 1. The summed E-state index contributed by atoms with van der Waals surface area (Å²) < 4.78 is 5.49. The van der Waals surface area contributed by atoms with Crippen LogP contribution in [0, 0.1) is 0 Å². The van der Waals surface area contributed by atoms with Crippen molar-refractivity contribution in [3.05, 3.63) is 48.9 Å². The normalized spacial score (nSPS) is 18.8. The van der Waals surface area contributed by atoms with Crippen molar-refractivity contribution >= 4 is 28.2 Å². The van der Waals surface area contributed by atoms with Gasteiger partial charge >= 0.3 is 0 Å². The highest BCUT2D eigenvalue weighted by atomic mass is 16.5. The molecule has 0 radical (unpaired) electrons. The van der Waals surface area contributed by atoms with Gasteiger partial charge in [0.2, 0.25) is 5.95 Å². The summed E-state index contributed by atoms with van der Waals surface area (Å²) in [4.78, 5) is 18.3. The maximum absolute atomic E-state index is 5.49. The first kappa shape index (κ1) is 18.3. The van der Waals surface area contributed by atoms with Crippen molar-refractivity contribution in [3.8, 4) is 0 Å². The van der Waals surface area contributed by atoms with Crippen molar-refractivity contribution in [3.63, 3.8) is 0 Å². The molecule has 0 bridgehead atoms. The molecule has 7 nitrogen and oxygen atoms in total. The van der Waals surface area contributed by atoms with Crippen molar-refractivity contribution in [1.29, 1.82) is 0 Å². The van der Waals surface area contributed by atoms with Crippen LogP contribution < -0.4 is 10.2 Å². The number of nitrogens with zero attached hydrogens (tertiary/aromatic N) is 5. The van der Waals surface area contributed by atoms with Crippen LogP contribution in [0.2, 0.25) is 0 Å². The predicted octanol–water partition coefficient (Wildman–Crippen LogP) is 3.07. The minimum atomic E-state index is 0.631. The Morgan fingerprint density at radius 2 is 1.79 bits per heavy atom. The van der Waals surface area contributed by atoms with Gasteiger partial charge in [-0.25, -0.2) is 4.98 Å². The van der Waals surface area contributed by atoms with Crippen molar-refractivity contribution in [2.24, 2.45) is 0 Å². The van der Waals surface area contributed by atoms with Crippen LogP contribution >= 0.6 is 0 Å². The minimum Gasteiger partial charge on any atom is -0.379 e. The van der Waals surface area contributed by atoms with Crippen molar-refractivity contribution in [2.45, 2.75) is 18.9 Å². The van der Waals surface area contributed by atoms with Crippen molar-refractivity contribution in [2.75, 3.05) is 49.6 Å². The zero-order chi connectivity index (χ0) is 19.5. The standard InChI is InChI=1S/C22H26N6O/c1-2-19(15-17-3-7-23-16-18(1)17)25-22-24-8-4-21(26-22)28-9-5-20(6-10-28)27-11-13-29-14-12-27/h1-4,7-8,15-16,20H,5-6,9-14H2,(H,24,25,26). The molecule has 2 saturated heterocycles. The fourth-order valence-electron chi connectivity index (χ4n) is 4.28. The first-order chi connectivity index (χ1) is 14.3. The maximum atomic E-state index is 5.49. The number of benzene rings is 1. The third-order valence-corrected chi connectivity index (χ3v) is 5.89. The second-order valence-corrected chi connectivity index (χ2v) is 7.67. The summed E-state index contributed by atoms with van der Waals surface area (Å²) in [6.07, 6.45) is 7.86. The topological polar surface area (TPSA) is 66.4 Å². The fraction of sp³-hybridized carbons (Fsp3) is 0.409. The summed E-state index contributed by atoms with van der Waals surface area (Å²) >= 11 is 0. The molecular weight excluding hydrogens is 364 g/mol. The lowest BCUT2D eigenvalue weighted by Gasteiger charge is -2.40. The number of anilines is 3. The van der Waals surface area contributed by atoms with E-state index in [-0.39, 0.29) is 0 Å². The molecule has 29 heavy (non-hydrogen) atoms. The van der Waals surface area contributed by atoms with E-state index in [9.17, 15) is 0 Å². The number of aromatic nitrogens is 3. The van der Waals surface area contributed by atoms with E-state index in [1.807, 2.05) is 36.8 Å². The Morgan fingerprint density at radius 1 is 0.931 bits per heavy atom. The van der Waals surface area contributed by atoms with Gasteiger partial charge in [0, 0.05) is 61.9 Å². The lowest BCUT2D eigenvalue weighted by Crippen LogP contribution is -2.49. The van der Waals surface area contributed by atoms with E-state index in [0.29, 0.717) is 12.0 Å². The van der Waals surface area contributed by atoms with Gasteiger partial charge < -0.3 is 15.0 Å². The van der Waals surface area contributed by atoms with E-state index in [4.69, 9.17) is 9.72 Å². The first-order valence-corrected chi connectivity index (χ1v) is 10.4. The average Bonchev–Trinajstić information content (AvgIpc) is 2.80. The lowest BCUT2D eigenvalue weighted by molar-refractivity contribution is 0.0115. The van der Waals surface area contributed by atoms with Crippen LogP contribution in [-0.4, -0.2) is 65.3 Å². The molecule has 0 amide bonds. The molecule has 0 atom stereocenters. The summed E-state index contributed by atoms with van der Waals surface area (Å²) in [6, 6.07) is 10.9. The Balaban J connectivity index is 1.25. The van der Waals surface area contributed by atoms with Gasteiger partial charge in [-0.1, -0.05) is 6.07 Å². The van der Waals surface area contributed by atoms with Crippen LogP contribution in [0.3, 0.4) is 0 Å². The molecule has 1 aromatic carbocycles. The fourth-order valence-corrected chi connectivity index (χ4v) is 4.28. The molecule has 2 fully saturated rings. The van der Waals surface area contributed by atoms with Gasteiger partial charge in [-0.2, -0.15) is 4.98 Å². The number of piperidine rings is 1. The Labute approximate surface area is 170 Å². The molecule has 1 N–H and O–H groups in total. The van der Waals surface area contributed by atoms with Gasteiger partial charge in [0.1, 0.15) is 5.82 Å². The third-order valence-electron chi connectivity index (χ3n) is 5.89. The molecule has 5 rings (SSSR count). The largest absolute Gasteiger partial charge is 0.379 e. The van der Waals surface area contributed by atoms with Crippen LogP contribution in [0.25, 0.3) is 10.8 Å². The molecule has 2 aromatic heterocycles. The summed E-state index contributed by atoms with van der Waals surface area (Å²) in [5.74, 6) is 1.62. The highest BCUT2D eigenvalue weighted by Crippen LogP contribution is 2.24. The minimum absolute atomic E-state index is 0.631. The Bertz CT molecular complexity index is 966. The van der Waals surface area contributed by atoms with Crippen LogP contribution in [0.5, 0.6) is 0 Å². The van der Waals surface area contributed by atoms with Crippen molar-refractivity contribution < 1.29 is 4.74 Å². The second kappa shape index (κ2) is 8.31. The van der Waals surface area contributed by atoms with Gasteiger partial charge in [-0.15, -0.1) is 0 Å². The molecule has 0 spiro atoms. The summed E-state index contributed by atoms with van der Waals surface area (Å²) in [5.41, 5.74) is 0.979. The highest BCUT2D eigenvalue weighted by Gasteiger charge is 2.26. The Kier molecular flexibility index (Phi) is 5.23. The molecule has 7 heteroatoms. The average molecular weight is 390 g/mol. The molecular formula is C22H26N6O. The molecule has 0 aliphatic carbocycles. The number of hydrogen-bond acceptors (Lipinski definition) is 7. The zero-order valence-electron chi connectivity index (χ0n) is 16.5. The summed E-state index contributed by atoms with van der Waals surface area (Å²) in [5, 5.41) is 5.61. The molecule has 3 aromatic rings. The third kappa shape index (κ3) is 4.16. The number of morpholine rings is 1. The maximum Gasteiger partial charge on any atom is 0.229 e. The number of nitrogens with one attached hydrogen (secondary N) is 1. The zero-order valence-corrected chi connectivity index (χ0v) is 16.5. The number of ether oxygens (including phenoxy) is 1. The van der Waals surface area contributed by atoms with E-state index in [1.54, 1.807) is 0 Å². The Hall–Kier alpha value is -2.77. The van der Waals surface area contributed by atoms with Gasteiger partial charge in [0.25, 0.3) is 0 Å². The summed E-state index contributed by atoms with van der Waals surface area (Å²) in [7, 11) is 0. The predicted molar refractivity (Wildman–Crippen MR) is 115 cm³/mol. The van der Waals surface area contributed by atoms with Crippen LogP contribution in [0.4, 0.5) is 17.5 Å². The van der Waals surface area contributed by atoms with Crippen LogP contribution in [-0.2, 0) is 4.74 Å². The SMILES string of the molecule is c1cc2cc(Nc3nccc(N4CCC(N5CCOCC5)CC4)n3)ccc2cn1. The highest BCUT2D eigenvalue weighted by molar-refractivity contribution is 5.85. The van der Waals surface area contributed by atoms with Crippen LogP contribution in [0.15, 0.2) is 48.9 Å². The molecule has 2 aliphatic rings. The van der Waals surface area contributed by atoms with Gasteiger partial charge in [-0.05, 0) is 42.5 Å². The first-order valence-electron chi connectivity index (χ1n) is 10.4. The number of rotatable bonds is 4. The van der Waals surface area contributed by atoms with E-state index in [1.165, 1.54) is 12.8 Å². The summed E-state index contributed by atoms with van der Waals surface area (Å²) in [6.45, 7) is 5.92. The van der Waals surface area contributed by atoms with Gasteiger partial charge in [0.05, 0.1) is 13.2 Å². The molecule has 2 aliphatic heterocycles. The van der Waals surface area contributed by atoms with E-state index < -0.39 is 0 Å². The lowest BCUT2D eigenvalue weighted by atomic mass is 10.0. The molecule has 0 saturated carbocycles. The second-order valence-electron chi connectivity index (χ2n) is 7.67.